The maximum Gasteiger partial charge on any atom is 0.338 e. The summed E-state index contributed by atoms with van der Waals surface area (Å²) in [7, 11) is -3.74. The van der Waals surface area contributed by atoms with Crippen molar-refractivity contribution in [2.24, 2.45) is 5.92 Å². The molecule has 1 N–H and O–H groups in total. The quantitative estimate of drug-likeness (QED) is 0.593. The Labute approximate surface area is 150 Å². The van der Waals surface area contributed by atoms with Gasteiger partial charge in [-0.2, -0.15) is 0 Å². The minimum absolute atomic E-state index is 0.0432. The fraction of sp³-hybridized carbons (Fsp3) is 0.294. The maximum absolute atomic E-state index is 12.3. The smallest absolute Gasteiger partial charge is 0.338 e. The SMILES string of the molecule is C#CCC(OC(=O)c1ccc(S(=O)(=O)Nc2nccs2)cc1)C1CC1. The number of carbonyl (C=O) groups is 1. The zero-order chi connectivity index (χ0) is 17.9. The summed E-state index contributed by atoms with van der Waals surface area (Å²) in [5, 5.41) is 1.95. The third-order valence-electron chi connectivity index (χ3n) is 3.78. The van der Waals surface area contributed by atoms with E-state index < -0.39 is 16.0 Å². The van der Waals surface area contributed by atoms with Gasteiger partial charge in [-0.05, 0) is 43.0 Å². The summed E-state index contributed by atoms with van der Waals surface area (Å²) < 4.78 is 32.4. The Morgan fingerprint density at radius 2 is 2.12 bits per heavy atom. The standard InChI is InChI=1S/C17H16N2O4S2/c1-2-3-15(12-4-5-12)23-16(20)13-6-8-14(9-7-13)25(21,22)19-17-18-10-11-24-17/h1,6-12,15H,3-5H2,(H,18,19). The van der Waals surface area contributed by atoms with Gasteiger partial charge in [-0.15, -0.1) is 23.7 Å². The van der Waals surface area contributed by atoms with E-state index in [9.17, 15) is 13.2 Å². The van der Waals surface area contributed by atoms with E-state index in [-0.39, 0.29) is 21.7 Å². The largest absolute Gasteiger partial charge is 0.457 e. The number of esters is 1. The van der Waals surface area contributed by atoms with E-state index in [1.165, 1.54) is 41.8 Å². The topological polar surface area (TPSA) is 85.4 Å². The summed E-state index contributed by atoms with van der Waals surface area (Å²) in [4.78, 5) is 16.1. The monoisotopic (exact) mass is 376 g/mol. The molecule has 2 aromatic rings. The molecule has 1 heterocycles. The molecule has 6 nitrogen and oxygen atoms in total. The highest BCUT2D eigenvalue weighted by Crippen LogP contribution is 2.36. The summed E-state index contributed by atoms with van der Waals surface area (Å²) >= 11 is 1.18. The molecule has 1 aliphatic rings. The molecular weight excluding hydrogens is 360 g/mol. The van der Waals surface area contributed by atoms with Crippen molar-refractivity contribution in [3.63, 3.8) is 0 Å². The fourth-order valence-corrected chi connectivity index (χ4v) is 4.10. The molecule has 1 saturated carbocycles. The van der Waals surface area contributed by atoms with Crippen molar-refractivity contribution in [2.45, 2.75) is 30.3 Å². The molecule has 3 rings (SSSR count). The van der Waals surface area contributed by atoms with Crippen molar-refractivity contribution in [3.8, 4) is 12.3 Å². The van der Waals surface area contributed by atoms with Crippen LogP contribution in [0.15, 0.2) is 40.7 Å². The average molecular weight is 376 g/mol. The number of rotatable bonds is 7. The van der Waals surface area contributed by atoms with E-state index in [4.69, 9.17) is 11.2 Å². The second-order valence-corrected chi connectivity index (χ2v) is 8.23. The van der Waals surface area contributed by atoms with Crippen LogP contribution in [0, 0.1) is 18.3 Å². The minimum atomic E-state index is -3.74. The molecule has 130 valence electrons. The van der Waals surface area contributed by atoms with E-state index in [0.717, 1.165) is 12.8 Å². The highest BCUT2D eigenvalue weighted by atomic mass is 32.2. The number of benzene rings is 1. The normalized spacial score (nSPS) is 15.2. The van der Waals surface area contributed by atoms with E-state index in [2.05, 4.69) is 15.6 Å². The lowest BCUT2D eigenvalue weighted by molar-refractivity contribution is 0.0261. The molecular formula is C17H16N2O4S2. The predicted molar refractivity (Wildman–Crippen MR) is 94.7 cm³/mol. The van der Waals surface area contributed by atoms with Crippen molar-refractivity contribution in [3.05, 3.63) is 41.4 Å². The summed E-state index contributed by atoms with van der Waals surface area (Å²) in [6.45, 7) is 0. The molecule has 25 heavy (non-hydrogen) atoms. The van der Waals surface area contributed by atoms with Crippen LogP contribution in [0.4, 0.5) is 5.13 Å². The van der Waals surface area contributed by atoms with E-state index in [1.807, 2.05) is 0 Å². The lowest BCUT2D eigenvalue weighted by Gasteiger charge is -2.15. The highest BCUT2D eigenvalue weighted by molar-refractivity contribution is 7.93. The van der Waals surface area contributed by atoms with Gasteiger partial charge in [0.15, 0.2) is 5.13 Å². The third-order valence-corrected chi connectivity index (χ3v) is 5.95. The van der Waals surface area contributed by atoms with Gasteiger partial charge in [-0.1, -0.05) is 0 Å². The maximum atomic E-state index is 12.3. The number of hydrogen-bond donors (Lipinski definition) is 1. The van der Waals surface area contributed by atoms with Gasteiger partial charge in [0.25, 0.3) is 10.0 Å². The summed E-state index contributed by atoms with van der Waals surface area (Å²) in [6.07, 6.45) is 8.97. The Hall–Kier alpha value is -2.37. The second kappa shape index (κ2) is 7.25. The first-order valence-electron chi connectivity index (χ1n) is 7.66. The first-order valence-corrected chi connectivity index (χ1v) is 10.0. The van der Waals surface area contributed by atoms with Gasteiger partial charge < -0.3 is 4.74 Å². The van der Waals surface area contributed by atoms with Crippen LogP contribution in [0.3, 0.4) is 0 Å². The number of thiazole rings is 1. The molecule has 0 saturated heterocycles. The number of hydrogen-bond acceptors (Lipinski definition) is 6. The van der Waals surface area contributed by atoms with Crippen molar-refractivity contribution in [1.82, 2.24) is 4.98 Å². The van der Waals surface area contributed by atoms with E-state index in [0.29, 0.717) is 12.3 Å². The minimum Gasteiger partial charge on any atom is -0.457 e. The van der Waals surface area contributed by atoms with Crippen molar-refractivity contribution >= 4 is 32.5 Å². The first-order chi connectivity index (χ1) is 12.0. The third kappa shape index (κ3) is 4.38. The van der Waals surface area contributed by atoms with Crippen molar-refractivity contribution in [1.29, 1.82) is 0 Å². The molecule has 1 atom stereocenters. The van der Waals surface area contributed by atoms with Crippen LogP contribution >= 0.6 is 11.3 Å². The number of aromatic nitrogens is 1. The van der Waals surface area contributed by atoms with Crippen LogP contribution < -0.4 is 4.72 Å². The summed E-state index contributed by atoms with van der Waals surface area (Å²) in [5.74, 6) is 2.37. The van der Waals surface area contributed by atoms with Crippen LogP contribution in [-0.4, -0.2) is 25.5 Å². The number of ether oxygens (including phenoxy) is 1. The second-order valence-electron chi connectivity index (χ2n) is 5.66. The van der Waals surface area contributed by atoms with Gasteiger partial charge in [0, 0.05) is 18.0 Å². The van der Waals surface area contributed by atoms with Gasteiger partial charge in [0.1, 0.15) is 6.10 Å². The molecule has 0 radical (unpaired) electrons. The fourth-order valence-electron chi connectivity index (χ4n) is 2.31. The zero-order valence-electron chi connectivity index (χ0n) is 13.2. The average Bonchev–Trinajstić information content (AvgIpc) is 3.32. The number of terminal acetylenes is 1. The molecule has 8 heteroatoms. The molecule has 1 unspecified atom stereocenters. The lowest BCUT2D eigenvalue weighted by atomic mass is 10.1. The Kier molecular flexibility index (Phi) is 5.06. The number of sulfonamides is 1. The van der Waals surface area contributed by atoms with Gasteiger partial charge >= 0.3 is 5.97 Å². The van der Waals surface area contributed by atoms with Crippen LogP contribution in [0.1, 0.15) is 29.6 Å². The molecule has 1 aromatic heterocycles. The Balaban J connectivity index is 1.69. The molecule has 0 amide bonds. The molecule has 0 spiro atoms. The van der Waals surface area contributed by atoms with Crippen LogP contribution in [0.25, 0.3) is 0 Å². The Morgan fingerprint density at radius 1 is 1.40 bits per heavy atom. The number of anilines is 1. The molecule has 0 aliphatic heterocycles. The van der Waals surface area contributed by atoms with Gasteiger partial charge in [0.05, 0.1) is 10.5 Å². The van der Waals surface area contributed by atoms with E-state index in [1.54, 1.807) is 5.38 Å². The van der Waals surface area contributed by atoms with Gasteiger partial charge in [-0.25, -0.2) is 18.2 Å². The summed E-state index contributed by atoms with van der Waals surface area (Å²) in [6, 6.07) is 5.58. The van der Waals surface area contributed by atoms with E-state index >= 15 is 0 Å². The molecule has 0 bridgehead atoms. The zero-order valence-corrected chi connectivity index (χ0v) is 14.8. The van der Waals surface area contributed by atoms with Crippen LogP contribution in [0.5, 0.6) is 0 Å². The van der Waals surface area contributed by atoms with Gasteiger partial charge in [0.2, 0.25) is 0 Å². The Morgan fingerprint density at radius 3 is 2.68 bits per heavy atom. The molecule has 1 aromatic carbocycles. The molecule has 1 aliphatic carbocycles. The number of nitrogens with zero attached hydrogens (tertiary/aromatic N) is 1. The number of carbonyl (C=O) groups excluding carboxylic acids is 1. The lowest BCUT2D eigenvalue weighted by Crippen LogP contribution is -2.20. The van der Waals surface area contributed by atoms with Gasteiger partial charge in [-0.3, -0.25) is 4.72 Å². The van der Waals surface area contributed by atoms with Crippen molar-refractivity contribution < 1.29 is 17.9 Å². The highest BCUT2D eigenvalue weighted by Gasteiger charge is 2.33. The number of nitrogens with one attached hydrogen (secondary N) is 1. The van der Waals surface area contributed by atoms with Crippen LogP contribution in [0.2, 0.25) is 0 Å². The summed E-state index contributed by atoms with van der Waals surface area (Å²) in [5.41, 5.74) is 0.288. The van der Waals surface area contributed by atoms with Crippen LogP contribution in [-0.2, 0) is 14.8 Å². The predicted octanol–water partition coefficient (Wildman–Crippen LogP) is 2.90. The van der Waals surface area contributed by atoms with Crippen molar-refractivity contribution in [2.75, 3.05) is 4.72 Å². The Bertz CT molecular complexity index is 880. The molecule has 1 fully saturated rings. The first kappa shape index (κ1) is 17.5.